The summed E-state index contributed by atoms with van der Waals surface area (Å²) >= 11 is 0. The van der Waals surface area contributed by atoms with Crippen LogP contribution >= 0.6 is 0 Å². The minimum Gasteiger partial charge on any atom is -0.480 e. The normalized spacial score (nSPS) is 20.3. The zero-order valence-electron chi connectivity index (χ0n) is 16.0. The number of carbonyl (C=O) groups is 2. The number of nitrogens with zero attached hydrogens (tertiary/aromatic N) is 2. The summed E-state index contributed by atoms with van der Waals surface area (Å²) in [6, 6.07) is 10.5. The molecule has 6 heteroatoms. The van der Waals surface area contributed by atoms with E-state index in [1.165, 1.54) is 0 Å². The Morgan fingerprint density at radius 1 is 1.23 bits per heavy atom. The van der Waals surface area contributed by atoms with Crippen LogP contribution in [-0.4, -0.2) is 58.1 Å². The van der Waals surface area contributed by atoms with E-state index in [-0.39, 0.29) is 30.7 Å². The van der Waals surface area contributed by atoms with Crippen LogP contribution in [0.15, 0.2) is 30.3 Å². The standard InChI is InChI=1S/C20H31N3O3/c1-4-15(3)23(13-16-9-7-6-8-10-16)20(26)21-17-11-18(12-17)22(5-2)14-19(24)25/h6-10,15,17-18H,4-5,11-14H2,1-3H3,(H,21,26)(H,24,25). The Labute approximate surface area is 156 Å². The number of hydrogen-bond donors (Lipinski definition) is 2. The maximum absolute atomic E-state index is 12.8. The molecule has 1 unspecified atom stereocenters. The van der Waals surface area contributed by atoms with E-state index < -0.39 is 5.97 Å². The quantitative estimate of drug-likeness (QED) is 0.709. The van der Waals surface area contributed by atoms with E-state index in [2.05, 4.69) is 19.2 Å². The lowest BCUT2D eigenvalue weighted by molar-refractivity contribution is -0.139. The number of nitrogens with one attached hydrogen (secondary N) is 1. The van der Waals surface area contributed by atoms with Gasteiger partial charge in [0.05, 0.1) is 6.54 Å². The molecule has 1 fully saturated rings. The number of carbonyl (C=O) groups excluding carboxylic acids is 1. The van der Waals surface area contributed by atoms with Gasteiger partial charge in [0.15, 0.2) is 0 Å². The van der Waals surface area contributed by atoms with Crippen LogP contribution < -0.4 is 5.32 Å². The molecule has 0 radical (unpaired) electrons. The van der Waals surface area contributed by atoms with Crippen molar-refractivity contribution in [3.8, 4) is 0 Å². The average molecular weight is 361 g/mol. The molecule has 0 aliphatic heterocycles. The van der Waals surface area contributed by atoms with Gasteiger partial charge in [0, 0.05) is 24.7 Å². The topological polar surface area (TPSA) is 72.9 Å². The Balaban J connectivity index is 1.89. The van der Waals surface area contributed by atoms with E-state index in [4.69, 9.17) is 5.11 Å². The van der Waals surface area contributed by atoms with Crippen LogP contribution in [0.4, 0.5) is 4.79 Å². The van der Waals surface area contributed by atoms with Crippen LogP contribution in [0.3, 0.4) is 0 Å². The van der Waals surface area contributed by atoms with Crippen molar-refractivity contribution in [2.45, 2.75) is 64.7 Å². The van der Waals surface area contributed by atoms with E-state index in [1.807, 2.05) is 47.1 Å². The molecule has 1 aliphatic rings. The summed E-state index contributed by atoms with van der Waals surface area (Å²) in [5, 5.41) is 12.1. The first-order valence-electron chi connectivity index (χ1n) is 9.51. The molecule has 1 aromatic carbocycles. The van der Waals surface area contributed by atoms with Crippen LogP contribution in [0.5, 0.6) is 0 Å². The van der Waals surface area contributed by atoms with Crippen LogP contribution in [0.25, 0.3) is 0 Å². The van der Waals surface area contributed by atoms with Gasteiger partial charge in [-0.3, -0.25) is 9.69 Å². The Morgan fingerprint density at radius 3 is 2.42 bits per heavy atom. The minimum atomic E-state index is -0.801. The third-order valence-corrected chi connectivity index (χ3v) is 5.28. The number of aliphatic carboxylic acids is 1. The van der Waals surface area contributed by atoms with E-state index in [0.717, 1.165) is 24.8 Å². The predicted octanol–water partition coefficient (Wildman–Crippen LogP) is 2.93. The Hall–Kier alpha value is -2.08. The Kier molecular flexibility index (Phi) is 7.45. The van der Waals surface area contributed by atoms with Gasteiger partial charge in [-0.2, -0.15) is 0 Å². The summed E-state index contributed by atoms with van der Waals surface area (Å²) in [5.41, 5.74) is 1.12. The highest BCUT2D eigenvalue weighted by molar-refractivity contribution is 5.75. The highest BCUT2D eigenvalue weighted by Gasteiger charge is 2.35. The molecule has 2 N–H and O–H groups in total. The first-order valence-corrected chi connectivity index (χ1v) is 9.51. The molecule has 6 nitrogen and oxygen atoms in total. The SMILES string of the molecule is CCC(C)N(Cc1ccccc1)C(=O)NC1CC(N(CC)CC(=O)O)C1. The lowest BCUT2D eigenvalue weighted by Gasteiger charge is -2.43. The lowest BCUT2D eigenvalue weighted by Crippen LogP contribution is -2.57. The van der Waals surface area contributed by atoms with Crippen molar-refractivity contribution >= 4 is 12.0 Å². The van der Waals surface area contributed by atoms with Gasteiger partial charge in [0.2, 0.25) is 0 Å². The Morgan fingerprint density at radius 2 is 1.88 bits per heavy atom. The first-order chi connectivity index (χ1) is 12.4. The highest BCUT2D eigenvalue weighted by atomic mass is 16.4. The molecule has 0 saturated heterocycles. The summed E-state index contributed by atoms with van der Waals surface area (Å²) in [7, 11) is 0. The van der Waals surface area contributed by atoms with E-state index in [9.17, 15) is 9.59 Å². The van der Waals surface area contributed by atoms with Crippen molar-refractivity contribution in [2.75, 3.05) is 13.1 Å². The number of amides is 2. The van der Waals surface area contributed by atoms with Gasteiger partial charge in [-0.25, -0.2) is 4.79 Å². The van der Waals surface area contributed by atoms with Gasteiger partial charge < -0.3 is 15.3 Å². The molecule has 2 rings (SSSR count). The van der Waals surface area contributed by atoms with Crippen molar-refractivity contribution in [2.24, 2.45) is 0 Å². The number of hydrogen-bond acceptors (Lipinski definition) is 3. The summed E-state index contributed by atoms with van der Waals surface area (Å²) in [4.78, 5) is 27.6. The molecule has 26 heavy (non-hydrogen) atoms. The second kappa shape index (κ2) is 9.57. The second-order valence-electron chi connectivity index (χ2n) is 7.10. The molecule has 2 amide bonds. The van der Waals surface area contributed by atoms with E-state index >= 15 is 0 Å². The van der Waals surface area contributed by atoms with Gasteiger partial charge in [-0.05, 0) is 38.3 Å². The fourth-order valence-corrected chi connectivity index (χ4v) is 3.36. The minimum absolute atomic E-state index is 0.0343. The van der Waals surface area contributed by atoms with Crippen molar-refractivity contribution in [1.82, 2.24) is 15.1 Å². The molecule has 1 atom stereocenters. The first kappa shape index (κ1) is 20.2. The summed E-state index contributed by atoms with van der Waals surface area (Å²) in [6.07, 6.45) is 2.52. The largest absolute Gasteiger partial charge is 0.480 e. The number of carboxylic acids is 1. The summed E-state index contributed by atoms with van der Waals surface area (Å²) in [6.45, 7) is 7.49. The fraction of sp³-hybridized carbons (Fsp3) is 0.600. The smallest absolute Gasteiger partial charge is 0.318 e. The van der Waals surface area contributed by atoms with Gasteiger partial charge in [0.25, 0.3) is 0 Å². The van der Waals surface area contributed by atoms with Gasteiger partial charge in [-0.15, -0.1) is 0 Å². The number of likely N-dealkylation sites (N-methyl/N-ethyl adjacent to an activating group) is 1. The molecule has 0 bridgehead atoms. The molecule has 0 spiro atoms. The van der Waals surface area contributed by atoms with Gasteiger partial charge in [-0.1, -0.05) is 44.2 Å². The highest BCUT2D eigenvalue weighted by Crippen LogP contribution is 2.26. The van der Waals surface area contributed by atoms with Crippen molar-refractivity contribution in [3.63, 3.8) is 0 Å². The van der Waals surface area contributed by atoms with Crippen LogP contribution in [-0.2, 0) is 11.3 Å². The lowest BCUT2D eigenvalue weighted by atomic mass is 9.85. The molecule has 0 heterocycles. The third-order valence-electron chi connectivity index (χ3n) is 5.28. The van der Waals surface area contributed by atoms with Crippen molar-refractivity contribution < 1.29 is 14.7 Å². The van der Waals surface area contributed by atoms with E-state index in [0.29, 0.717) is 13.1 Å². The molecular formula is C20H31N3O3. The maximum Gasteiger partial charge on any atom is 0.318 e. The molecule has 0 aromatic heterocycles. The third kappa shape index (κ3) is 5.46. The zero-order chi connectivity index (χ0) is 19.1. The van der Waals surface area contributed by atoms with Crippen LogP contribution in [0.1, 0.15) is 45.6 Å². The maximum atomic E-state index is 12.8. The molecule has 1 aromatic rings. The summed E-state index contributed by atoms with van der Waals surface area (Å²) in [5.74, 6) is -0.801. The monoisotopic (exact) mass is 361 g/mol. The van der Waals surface area contributed by atoms with Crippen molar-refractivity contribution in [1.29, 1.82) is 0 Å². The Bertz CT molecular complexity index is 587. The second-order valence-corrected chi connectivity index (χ2v) is 7.10. The number of rotatable bonds is 9. The molecule has 144 valence electrons. The number of benzene rings is 1. The summed E-state index contributed by atoms with van der Waals surface area (Å²) < 4.78 is 0. The predicted molar refractivity (Wildman–Crippen MR) is 102 cm³/mol. The fourth-order valence-electron chi connectivity index (χ4n) is 3.36. The molecular weight excluding hydrogens is 330 g/mol. The molecule has 1 aliphatic carbocycles. The van der Waals surface area contributed by atoms with Gasteiger partial charge >= 0.3 is 12.0 Å². The van der Waals surface area contributed by atoms with Crippen LogP contribution in [0, 0.1) is 0 Å². The number of urea groups is 1. The van der Waals surface area contributed by atoms with Crippen molar-refractivity contribution in [3.05, 3.63) is 35.9 Å². The molecule has 1 saturated carbocycles. The van der Waals surface area contributed by atoms with Crippen LogP contribution in [0.2, 0.25) is 0 Å². The van der Waals surface area contributed by atoms with E-state index in [1.54, 1.807) is 0 Å². The zero-order valence-corrected chi connectivity index (χ0v) is 16.0. The average Bonchev–Trinajstić information content (AvgIpc) is 2.60. The van der Waals surface area contributed by atoms with Gasteiger partial charge in [0.1, 0.15) is 0 Å². The number of carboxylic acid groups (broad SMARTS) is 1.